The van der Waals surface area contributed by atoms with Gasteiger partial charge < -0.3 is 24.2 Å². The van der Waals surface area contributed by atoms with Gasteiger partial charge in [-0.3, -0.25) is 4.79 Å². The van der Waals surface area contributed by atoms with Gasteiger partial charge in [0.05, 0.1) is 13.7 Å². The van der Waals surface area contributed by atoms with E-state index in [-0.39, 0.29) is 19.1 Å². The lowest BCUT2D eigenvalue weighted by molar-refractivity contribution is -0.116. The molecule has 1 saturated carbocycles. The Morgan fingerprint density at radius 2 is 1.89 bits per heavy atom. The molecule has 1 aliphatic heterocycles. The minimum absolute atomic E-state index is 0.0816. The van der Waals surface area contributed by atoms with Gasteiger partial charge in [-0.05, 0) is 54.7 Å². The highest BCUT2D eigenvalue weighted by Crippen LogP contribution is 2.40. The number of nitrogens with zero attached hydrogens (tertiary/aromatic N) is 1. The number of hydrogen-bond acceptors (Lipinski definition) is 5. The standard InChI is InChI=1S/C22H23NO5/c1-26-21-14-17(6-9-19(21)27-13-12-24)23-11-10-20(22(23)25)28-18-7-4-16(5-8-18)15-2-3-15/h4-10,14-15,24H,2-3,11-13H2,1H3. The summed E-state index contributed by atoms with van der Waals surface area (Å²) in [6.07, 6.45) is 4.29. The predicted molar refractivity (Wildman–Crippen MR) is 105 cm³/mol. The first-order valence-corrected chi connectivity index (χ1v) is 9.41. The molecule has 1 aliphatic carbocycles. The number of anilines is 1. The lowest BCUT2D eigenvalue weighted by Crippen LogP contribution is -2.27. The van der Waals surface area contributed by atoms with Crippen LogP contribution in [0.25, 0.3) is 0 Å². The van der Waals surface area contributed by atoms with Crippen molar-refractivity contribution in [2.75, 3.05) is 31.8 Å². The Kier molecular flexibility index (Phi) is 5.21. The van der Waals surface area contributed by atoms with Gasteiger partial charge in [-0.2, -0.15) is 0 Å². The number of amides is 1. The summed E-state index contributed by atoms with van der Waals surface area (Å²) in [5.74, 6) is 2.50. The van der Waals surface area contributed by atoms with Gasteiger partial charge in [0.1, 0.15) is 12.4 Å². The van der Waals surface area contributed by atoms with Crippen molar-refractivity contribution >= 4 is 11.6 Å². The fraction of sp³-hybridized carbons (Fsp3) is 0.318. The molecule has 0 bridgehead atoms. The first-order chi connectivity index (χ1) is 13.7. The van der Waals surface area contributed by atoms with E-state index < -0.39 is 0 Å². The third-order valence-electron chi connectivity index (χ3n) is 4.88. The van der Waals surface area contributed by atoms with Gasteiger partial charge in [-0.1, -0.05) is 12.1 Å². The largest absolute Gasteiger partial charge is 0.493 e. The van der Waals surface area contributed by atoms with Gasteiger partial charge in [0, 0.05) is 18.3 Å². The number of rotatable bonds is 8. The van der Waals surface area contributed by atoms with E-state index in [9.17, 15) is 4.79 Å². The van der Waals surface area contributed by atoms with Crippen molar-refractivity contribution in [2.24, 2.45) is 0 Å². The molecule has 6 heteroatoms. The van der Waals surface area contributed by atoms with Gasteiger partial charge >= 0.3 is 0 Å². The van der Waals surface area contributed by atoms with Gasteiger partial charge in [-0.15, -0.1) is 0 Å². The lowest BCUT2D eigenvalue weighted by Gasteiger charge is -2.19. The number of ether oxygens (including phenoxy) is 3. The number of benzene rings is 2. The first-order valence-electron chi connectivity index (χ1n) is 9.41. The molecule has 0 unspecified atom stereocenters. The molecule has 2 aliphatic rings. The summed E-state index contributed by atoms with van der Waals surface area (Å²) in [6, 6.07) is 13.2. The lowest BCUT2D eigenvalue weighted by atomic mass is 10.1. The molecule has 0 aromatic heterocycles. The van der Waals surface area contributed by atoms with Crippen molar-refractivity contribution in [1.29, 1.82) is 0 Å². The van der Waals surface area contributed by atoms with Gasteiger partial charge in [0.15, 0.2) is 17.3 Å². The molecule has 0 atom stereocenters. The van der Waals surface area contributed by atoms with E-state index in [4.69, 9.17) is 19.3 Å². The van der Waals surface area contributed by atoms with Crippen molar-refractivity contribution in [3.63, 3.8) is 0 Å². The molecule has 6 nitrogen and oxygen atoms in total. The molecule has 2 aromatic carbocycles. The Morgan fingerprint density at radius 3 is 2.57 bits per heavy atom. The van der Waals surface area contributed by atoms with E-state index in [1.165, 1.54) is 25.5 Å². The second-order valence-electron chi connectivity index (χ2n) is 6.84. The Bertz CT molecular complexity index is 886. The number of aliphatic hydroxyl groups is 1. The quantitative estimate of drug-likeness (QED) is 0.760. The summed E-state index contributed by atoms with van der Waals surface area (Å²) < 4.78 is 16.6. The van der Waals surface area contributed by atoms with Crippen LogP contribution in [0.3, 0.4) is 0 Å². The number of carbonyl (C=O) groups excluding carboxylic acids is 1. The maximum atomic E-state index is 12.8. The summed E-state index contributed by atoms with van der Waals surface area (Å²) >= 11 is 0. The topological polar surface area (TPSA) is 68.2 Å². The predicted octanol–water partition coefficient (Wildman–Crippen LogP) is 3.25. The molecular weight excluding hydrogens is 358 g/mol. The molecule has 0 saturated heterocycles. The molecule has 0 spiro atoms. The number of aliphatic hydroxyl groups excluding tert-OH is 1. The van der Waals surface area contributed by atoms with Crippen LogP contribution in [0.4, 0.5) is 5.69 Å². The second kappa shape index (κ2) is 7.94. The summed E-state index contributed by atoms with van der Waals surface area (Å²) in [4.78, 5) is 14.4. The van der Waals surface area contributed by atoms with Gasteiger partial charge in [0.2, 0.25) is 0 Å². The van der Waals surface area contributed by atoms with Crippen LogP contribution in [-0.4, -0.2) is 37.9 Å². The zero-order chi connectivity index (χ0) is 19.5. The Labute approximate surface area is 163 Å². The normalized spacial score (nSPS) is 16.1. The fourth-order valence-electron chi connectivity index (χ4n) is 3.24. The van der Waals surface area contributed by atoms with E-state index in [2.05, 4.69) is 12.1 Å². The Morgan fingerprint density at radius 1 is 1.11 bits per heavy atom. The molecule has 1 N–H and O–H groups in total. The molecule has 146 valence electrons. The van der Waals surface area contributed by atoms with Crippen molar-refractivity contribution in [3.05, 3.63) is 59.9 Å². The fourth-order valence-corrected chi connectivity index (χ4v) is 3.24. The van der Waals surface area contributed by atoms with Crippen LogP contribution in [0.5, 0.6) is 17.2 Å². The third kappa shape index (κ3) is 3.82. The van der Waals surface area contributed by atoms with E-state index in [0.29, 0.717) is 41.2 Å². The van der Waals surface area contributed by atoms with Crippen molar-refractivity contribution < 1.29 is 24.1 Å². The minimum Gasteiger partial charge on any atom is -0.493 e. The highest BCUT2D eigenvalue weighted by molar-refractivity contribution is 6.07. The second-order valence-corrected chi connectivity index (χ2v) is 6.84. The van der Waals surface area contributed by atoms with E-state index in [0.717, 1.165) is 0 Å². The van der Waals surface area contributed by atoms with Crippen LogP contribution < -0.4 is 19.1 Å². The Hall–Kier alpha value is -2.99. The van der Waals surface area contributed by atoms with Crippen molar-refractivity contribution in [3.8, 4) is 17.2 Å². The molecule has 1 fully saturated rings. The first kappa shape index (κ1) is 18.4. The van der Waals surface area contributed by atoms with Crippen molar-refractivity contribution in [2.45, 2.75) is 18.8 Å². The smallest absolute Gasteiger partial charge is 0.294 e. The monoisotopic (exact) mass is 381 g/mol. The molecule has 28 heavy (non-hydrogen) atoms. The highest BCUT2D eigenvalue weighted by Gasteiger charge is 2.28. The molecule has 4 rings (SSSR count). The highest BCUT2D eigenvalue weighted by atomic mass is 16.5. The number of hydrogen-bond donors (Lipinski definition) is 1. The summed E-state index contributed by atoms with van der Waals surface area (Å²) in [5.41, 5.74) is 2.02. The average Bonchev–Trinajstić information content (AvgIpc) is 3.51. The SMILES string of the molecule is COc1cc(N2CC=C(Oc3ccc(C4CC4)cc3)C2=O)ccc1OCCO. The van der Waals surface area contributed by atoms with Crippen LogP contribution in [0.15, 0.2) is 54.3 Å². The van der Waals surface area contributed by atoms with E-state index in [1.807, 2.05) is 12.1 Å². The summed E-state index contributed by atoms with van der Waals surface area (Å²) in [6.45, 7) is 0.521. The number of carbonyl (C=O) groups is 1. The minimum atomic E-state index is -0.197. The maximum absolute atomic E-state index is 12.8. The van der Waals surface area contributed by atoms with Crippen LogP contribution in [0, 0.1) is 0 Å². The molecule has 2 aromatic rings. The van der Waals surface area contributed by atoms with Crippen LogP contribution >= 0.6 is 0 Å². The van der Waals surface area contributed by atoms with Gasteiger partial charge in [0.25, 0.3) is 5.91 Å². The van der Waals surface area contributed by atoms with Gasteiger partial charge in [-0.25, -0.2) is 0 Å². The Balaban J connectivity index is 1.44. The number of methoxy groups -OCH3 is 1. The third-order valence-corrected chi connectivity index (χ3v) is 4.88. The van der Waals surface area contributed by atoms with Crippen molar-refractivity contribution in [1.82, 2.24) is 0 Å². The molecule has 1 amide bonds. The maximum Gasteiger partial charge on any atom is 0.294 e. The average molecular weight is 381 g/mol. The molecule has 1 heterocycles. The van der Waals surface area contributed by atoms with Crippen LogP contribution in [0.1, 0.15) is 24.3 Å². The zero-order valence-electron chi connectivity index (χ0n) is 15.8. The summed E-state index contributed by atoms with van der Waals surface area (Å²) in [5, 5.41) is 8.91. The zero-order valence-corrected chi connectivity index (χ0v) is 15.8. The van der Waals surface area contributed by atoms with Crippen LogP contribution in [0.2, 0.25) is 0 Å². The van der Waals surface area contributed by atoms with E-state index >= 15 is 0 Å². The molecular formula is C22H23NO5. The van der Waals surface area contributed by atoms with Crippen LogP contribution in [-0.2, 0) is 4.79 Å². The van der Waals surface area contributed by atoms with E-state index in [1.54, 1.807) is 29.2 Å². The summed E-state index contributed by atoms with van der Waals surface area (Å²) in [7, 11) is 1.54. The molecule has 0 radical (unpaired) electrons.